The molecule has 2 N–H and O–H groups in total. The Bertz CT molecular complexity index is 555. The molecule has 6 heteroatoms. The van der Waals surface area contributed by atoms with E-state index >= 15 is 0 Å². The summed E-state index contributed by atoms with van der Waals surface area (Å²) >= 11 is 5.97. The number of ether oxygens (including phenoxy) is 1. The number of aromatic amines is 1. The molecule has 0 bridgehead atoms. The molecule has 0 spiro atoms. The summed E-state index contributed by atoms with van der Waals surface area (Å²) in [5.74, 6) is 0.297. The van der Waals surface area contributed by atoms with Gasteiger partial charge in [-0.3, -0.25) is 4.79 Å². The van der Waals surface area contributed by atoms with Gasteiger partial charge in [-0.05, 0) is 24.6 Å². The van der Waals surface area contributed by atoms with E-state index in [2.05, 4.69) is 15.3 Å². The summed E-state index contributed by atoms with van der Waals surface area (Å²) in [6.07, 6.45) is 3.21. The Labute approximate surface area is 116 Å². The minimum absolute atomic E-state index is 0.0721. The lowest BCUT2D eigenvalue weighted by molar-refractivity contribution is -0.123. The van der Waals surface area contributed by atoms with E-state index in [4.69, 9.17) is 16.3 Å². The molecule has 0 radical (unpaired) electrons. The highest BCUT2D eigenvalue weighted by molar-refractivity contribution is 6.32. The summed E-state index contributed by atoms with van der Waals surface area (Å²) in [4.78, 5) is 18.3. The topological polar surface area (TPSA) is 67.0 Å². The highest BCUT2D eigenvalue weighted by Crippen LogP contribution is 2.24. The second kappa shape index (κ2) is 6.24. The SMILES string of the molecule is Cc1ccc(Cl)c(OCC(=O)NCc2cnc[nH]2)c1. The molecule has 1 heterocycles. The lowest BCUT2D eigenvalue weighted by Crippen LogP contribution is -2.28. The number of nitrogens with zero attached hydrogens (tertiary/aromatic N) is 1. The van der Waals surface area contributed by atoms with E-state index in [1.54, 1.807) is 24.7 Å². The fraction of sp³-hybridized carbons (Fsp3) is 0.231. The summed E-state index contributed by atoms with van der Waals surface area (Å²) in [6, 6.07) is 5.42. The zero-order chi connectivity index (χ0) is 13.7. The third-order valence-electron chi connectivity index (χ3n) is 2.48. The van der Waals surface area contributed by atoms with Gasteiger partial charge >= 0.3 is 0 Å². The van der Waals surface area contributed by atoms with Gasteiger partial charge in [-0.2, -0.15) is 0 Å². The molecule has 1 aromatic heterocycles. The maximum Gasteiger partial charge on any atom is 0.258 e. The zero-order valence-corrected chi connectivity index (χ0v) is 11.2. The maximum absolute atomic E-state index is 11.6. The lowest BCUT2D eigenvalue weighted by atomic mass is 10.2. The average Bonchev–Trinajstić information content (AvgIpc) is 2.90. The molecule has 0 unspecified atom stereocenters. The summed E-state index contributed by atoms with van der Waals surface area (Å²) in [5, 5.41) is 3.20. The Hall–Kier alpha value is -2.01. The third kappa shape index (κ3) is 3.99. The van der Waals surface area contributed by atoms with Crippen molar-refractivity contribution < 1.29 is 9.53 Å². The van der Waals surface area contributed by atoms with Crippen molar-refractivity contribution in [1.29, 1.82) is 0 Å². The number of hydrogen-bond acceptors (Lipinski definition) is 3. The van der Waals surface area contributed by atoms with Crippen molar-refractivity contribution in [2.45, 2.75) is 13.5 Å². The maximum atomic E-state index is 11.6. The van der Waals surface area contributed by atoms with Gasteiger partial charge in [0.2, 0.25) is 0 Å². The average molecular weight is 280 g/mol. The molecule has 0 saturated carbocycles. The molecular weight excluding hydrogens is 266 g/mol. The quantitative estimate of drug-likeness (QED) is 0.880. The molecule has 0 fully saturated rings. The van der Waals surface area contributed by atoms with Gasteiger partial charge in [-0.15, -0.1) is 0 Å². The lowest BCUT2D eigenvalue weighted by Gasteiger charge is -2.09. The fourth-order valence-corrected chi connectivity index (χ4v) is 1.66. The van der Waals surface area contributed by atoms with Gasteiger partial charge in [0.25, 0.3) is 5.91 Å². The molecule has 0 aliphatic carbocycles. The Morgan fingerprint density at radius 2 is 2.37 bits per heavy atom. The number of carbonyl (C=O) groups is 1. The number of hydrogen-bond donors (Lipinski definition) is 2. The van der Waals surface area contributed by atoms with Gasteiger partial charge in [0.1, 0.15) is 5.75 Å². The highest BCUT2D eigenvalue weighted by atomic mass is 35.5. The van der Waals surface area contributed by atoms with Crippen molar-refractivity contribution in [3.8, 4) is 5.75 Å². The molecule has 1 amide bonds. The number of carbonyl (C=O) groups excluding carboxylic acids is 1. The molecule has 0 aliphatic rings. The number of imidazole rings is 1. The summed E-state index contributed by atoms with van der Waals surface area (Å²) in [7, 11) is 0. The highest BCUT2D eigenvalue weighted by Gasteiger charge is 2.06. The van der Waals surface area contributed by atoms with E-state index in [0.717, 1.165) is 11.3 Å². The van der Waals surface area contributed by atoms with Crippen LogP contribution in [0.1, 0.15) is 11.3 Å². The predicted molar refractivity (Wildman–Crippen MR) is 72.1 cm³/mol. The van der Waals surface area contributed by atoms with E-state index in [1.807, 2.05) is 13.0 Å². The first-order valence-corrected chi connectivity index (χ1v) is 6.16. The number of halogens is 1. The summed E-state index contributed by atoms with van der Waals surface area (Å²) in [5.41, 5.74) is 1.86. The van der Waals surface area contributed by atoms with Gasteiger partial charge in [-0.25, -0.2) is 4.98 Å². The van der Waals surface area contributed by atoms with Crippen LogP contribution < -0.4 is 10.1 Å². The van der Waals surface area contributed by atoms with Crippen LogP contribution in [0.4, 0.5) is 0 Å². The van der Waals surface area contributed by atoms with Crippen LogP contribution in [0.3, 0.4) is 0 Å². The molecule has 0 atom stereocenters. The molecular formula is C13H14ClN3O2. The van der Waals surface area contributed by atoms with Crippen LogP contribution in [0.15, 0.2) is 30.7 Å². The normalized spacial score (nSPS) is 10.2. The van der Waals surface area contributed by atoms with Crippen molar-refractivity contribution in [2.75, 3.05) is 6.61 Å². The molecule has 2 aromatic rings. The van der Waals surface area contributed by atoms with Gasteiger partial charge in [0.15, 0.2) is 6.61 Å². The first-order chi connectivity index (χ1) is 9.15. The number of H-pyrrole nitrogens is 1. The van der Waals surface area contributed by atoms with E-state index < -0.39 is 0 Å². The number of nitrogens with one attached hydrogen (secondary N) is 2. The van der Waals surface area contributed by atoms with E-state index in [9.17, 15) is 4.79 Å². The minimum atomic E-state index is -0.216. The first-order valence-electron chi connectivity index (χ1n) is 5.78. The Balaban J connectivity index is 1.81. The van der Waals surface area contributed by atoms with Crippen LogP contribution in [0.2, 0.25) is 5.02 Å². The van der Waals surface area contributed by atoms with Crippen molar-refractivity contribution >= 4 is 17.5 Å². The molecule has 19 heavy (non-hydrogen) atoms. The molecule has 5 nitrogen and oxygen atoms in total. The molecule has 100 valence electrons. The van der Waals surface area contributed by atoms with Gasteiger partial charge in [0, 0.05) is 6.20 Å². The second-order valence-electron chi connectivity index (χ2n) is 4.08. The van der Waals surface area contributed by atoms with Crippen molar-refractivity contribution in [2.24, 2.45) is 0 Å². The minimum Gasteiger partial charge on any atom is -0.482 e. The van der Waals surface area contributed by atoms with Crippen molar-refractivity contribution in [3.05, 3.63) is 47.0 Å². The largest absolute Gasteiger partial charge is 0.482 e. The molecule has 2 rings (SSSR count). The van der Waals surface area contributed by atoms with Crippen LogP contribution in [0.25, 0.3) is 0 Å². The van der Waals surface area contributed by atoms with Crippen LogP contribution in [-0.4, -0.2) is 22.5 Å². The van der Waals surface area contributed by atoms with Crippen LogP contribution in [0.5, 0.6) is 5.75 Å². The summed E-state index contributed by atoms with van der Waals surface area (Å²) in [6.45, 7) is 2.25. The third-order valence-corrected chi connectivity index (χ3v) is 2.79. The predicted octanol–water partition coefficient (Wildman–Crippen LogP) is 2.07. The summed E-state index contributed by atoms with van der Waals surface area (Å²) < 4.78 is 5.38. The fourth-order valence-electron chi connectivity index (χ4n) is 1.49. The number of aromatic nitrogens is 2. The Morgan fingerprint density at radius 3 is 3.11 bits per heavy atom. The Morgan fingerprint density at radius 1 is 1.53 bits per heavy atom. The van der Waals surface area contributed by atoms with E-state index in [1.165, 1.54) is 0 Å². The van der Waals surface area contributed by atoms with E-state index in [-0.39, 0.29) is 12.5 Å². The van der Waals surface area contributed by atoms with Crippen molar-refractivity contribution in [1.82, 2.24) is 15.3 Å². The van der Waals surface area contributed by atoms with Gasteiger partial charge in [0.05, 0.1) is 23.6 Å². The van der Waals surface area contributed by atoms with Crippen LogP contribution in [-0.2, 0) is 11.3 Å². The van der Waals surface area contributed by atoms with E-state index in [0.29, 0.717) is 17.3 Å². The van der Waals surface area contributed by atoms with Crippen LogP contribution >= 0.6 is 11.6 Å². The van der Waals surface area contributed by atoms with Crippen LogP contribution in [0, 0.1) is 6.92 Å². The smallest absolute Gasteiger partial charge is 0.258 e. The number of amides is 1. The first kappa shape index (κ1) is 13.4. The Kier molecular flexibility index (Phi) is 4.41. The monoisotopic (exact) mass is 279 g/mol. The zero-order valence-electron chi connectivity index (χ0n) is 10.4. The molecule has 0 aliphatic heterocycles. The van der Waals surface area contributed by atoms with Gasteiger partial charge in [-0.1, -0.05) is 17.7 Å². The molecule has 0 saturated heterocycles. The number of benzene rings is 1. The number of rotatable bonds is 5. The van der Waals surface area contributed by atoms with Gasteiger partial charge < -0.3 is 15.0 Å². The van der Waals surface area contributed by atoms with Crippen molar-refractivity contribution in [3.63, 3.8) is 0 Å². The standard InChI is InChI=1S/C13H14ClN3O2/c1-9-2-3-11(14)12(4-9)19-7-13(18)16-6-10-5-15-8-17-10/h2-5,8H,6-7H2,1H3,(H,15,17)(H,16,18). The molecule has 1 aromatic carbocycles. The number of aryl methyl sites for hydroxylation is 1. The second-order valence-corrected chi connectivity index (χ2v) is 4.48.